The number of sulfonamides is 1. The number of benzene rings is 2. The molecule has 0 heterocycles. The third-order valence-corrected chi connectivity index (χ3v) is 4.72. The molecule has 4 nitrogen and oxygen atoms in total. The van der Waals surface area contributed by atoms with E-state index in [0.29, 0.717) is 10.6 Å². The molecule has 2 aromatic rings. The molecular formula is C15H17ClN2O2S. The molecule has 0 fully saturated rings. The van der Waals surface area contributed by atoms with Crippen LogP contribution in [0, 0.1) is 0 Å². The van der Waals surface area contributed by atoms with Crippen molar-refractivity contribution in [3.63, 3.8) is 0 Å². The minimum absolute atomic E-state index is 0.150. The molecule has 0 saturated carbocycles. The summed E-state index contributed by atoms with van der Waals surface area (Å²) in [7, 11) is -3.47. The highest BCUT2D eigenvalue weighted by molar-refractivity contribution is 7.88. The van der Waals surface area contributed by atoms with Crippen molar-refractivity contribution in [1.29, 1.82) is 0 Å². The molecule has 0 spiro atoms. The molecule has 0 aliphatic carbocycles. The van der Waals surface area contributed by atoms with Crippen LogP contribution in [-0.4, -0.2) is 15.0 Å². The van der Waals surface area contributed by atoms with Crippen molar-refractivity contribution < 1.29 is 8.42 Å². The molecule has 1 unspecified atom stereocenters. The van der Waals surface area contributed by atoms with Crippen molar-refractivity contribution in [3.8, 4) is 0 Å². The van der Waals surface area contributed by atoms with Crippen LogP contribution in [0.3, 0.4) is 0 Å². The first-order chi connectivity index (χ1) is 9.98. The molecule has 2 aromatic carbocycles. The summed E-state index contributed by atoms with van der Waals surface area (Å²) in [6, 6.07) is 15.9. The molecule has 6 heteroatoms. The van der Waals surface area contributed by atoms with E-state index in [9.17, 15) is 8.42 Å². The smallest absolute Gasteiger partial charge is 0.215 e. The molecule has 0 amide bonds. The van der Waals surface area contributed by atoms with Crippen molar-refractivity contribution in [2.75, 3.05) is 6.54 Å². The van der Waals surface area contributed by atoms with Crippen molar-refractivity contribution >= 4 is 21.6 Å². The molecular weight excluding hydrogens is 308 g/mol. The van der Waals surface area contributed by atoms with Crippen molar-refractivity contribution in [2.24, 2.45) is 5.73 Å². The van der Waals surface area contributed by atoms with Gasteiger partial charge in [-0.25, -0.2) is 13.1 Å². The number of halogens is 1. The maximum atomic E-state index is 12.1. The molecule has 0 radical (unpaired) electrons. The third-order valence-electron chi connectivity index (χ3n) is 3.05. The Labute approximate surface area is 130 Å². The fourth-order valence-corrected chi connectivity index (χ4v) is 3.38. The molecule has 2 rings (SSSR count). The van der Waals surface area contributed by atoms with Crippen LogP contribution in [0.15, 0.2) is 54.6 Å². The van der Waals surface area contributed by atoms with Crippen LogP contribution >= 0.6 is 11.6 Å². The highest BCUT2D eigenvalue weighted by Crippen LogP contribution is 2.17. The van der Waals surface area contributed by atoms with Crippen LogP contribution in [-0.2, 0) is 15.8 Å². The fourth-order valence-electron chi connectivity index (χ4n) is 1.91. The minimum Gasteiger partial charge on any atom is -0.323 e. The van der Waals surface area contributed by atoms with Gasteiger partial charge in [0.25, 0.3) is 0 Å². The Balaban J connectivity index is 1.97. The van der Waals surface area contributed by atoms with E-state index in [4.69, 9.17) is 17.3 Å². The van der Waals surface area contributed by atoms with E-state index in [1.807, 2.05) is 30.3 Å². The SMILES string of the molecule is NC(CNS(=O)(=O)Cc1ccccc1Cl)c1ccccc1. The highest BCUT2D eigenvalue weighted by atomic mass is 35.5. The van der Waals surface area contributed by atoms with E-state index in [0.717, 1.165) is 5.56 Å². The van der Waals surface area contributed by atoms with Gasteiger partial charge < -0.3 is 5.73 Å². The summed E-state index contributed by atoms with van der Waals surface area (Å²) in [4.78, 5) is 0. The topological polar surface area (TPSA) is 72.2 Å². The molecule has 0 aromatic heterocycles. The van der Waals surface area contributed by atoms with E-state index in [1.165, 1.54) is 0 Å². The number of hydrogen-bond acceptors (Lipinski definition) is 3. The van der Waals surface area contributed by atoms with Gasteiger partial charge in [-0.2, -0.15) is 0 Å². The summed E-state index contributed by atoms with van der Waals surface area (Å²) in [5.41, 5.74) is 7.43. The number of nitrogens with two attached hydrogens (primary N) is 1. The normalized spacial score (nSPS) is 13.0. The Bertz CT molecular complexity index is 690. The molecule has 0 bridgehead atoms. The van der Waals surface area contributed by atoms with Crippen LogP contribution in [0.1, 0.15) is 17.2 Å². The number of hydrogen-bond donors (Lipinski definition) is 2. The van der Waals surface area contributed by atoms with Gasteiger partial charge in [-0.15, -0.1) is 0 Å². The van der Waals surface area contributed by atoms with Crippen LogP contribution in [0.25, 0.3) is 0 Å². The molecule has 0 aliphatic rings. The van der Waals surface area contributed by atoms with E-state index in [2.05, 4.69) is 4.72 Å². The Kier molecular flexibility index (Phi) is 5.36. The van der Waals surface area contributed by atoms with Crippen molar-refractivity contribution in [2.45, 2.75) is 11.8 Å². The quantitative estimate of drug-likeness (QED) is 0.857. The van der Waals surface area contributed by atoms with E-state index in [-0.39, 0.29) is 18.3 Å². The van der Waals surface area contributed by atoms with E-state index in [1.54, 1.807) is 24.3 Å². The van der Waals surface area contributed by atoms with Gasteiger partial charge in [-0.3, -0.25) is 0 Å². The first kappa shape index (κ1) is 16.0. The first-order valence-corrected chi connectivity index (χ1v) is 8.52. The zero-order chi connectivity index (χ0) is 15.3. The molecule has 0 saturated heterocycles. The lowest BCUT2D eigenvalue weighted by atomic mass is 10.1. The van der Waals surface area contributed by atoms with Gasteiger partial charge in [0.05, 0.1) is 5.75 Å². The maximum absolute atomic E-state index is 12.1. The zero-order valence-electron chi connectivity index (χ0n) is 11.4. The van der Waals surface area contributed by atoms with Gasteiger partial charge in [0.2, 0.25) is 10.0 Å². The lowest BCUT2D eigenvalue weighted by Gasteiger charge is -2.13. The Morgan fingerprint density at radius 3 is 2.33 bits per heavy atom. The van der Waals surface area contributed by atoms with Crippen LogP contribution in [0.2, 0.25) is 5.02 Å². The Morgan fingerprint density at radius 1 is 1.05 bits per heavy atom. The van der Waals surface area contributed by atoms with E-state index < -0.39 is 10.0 Å². The van der Waals surface area contributed by atoms with Gasteiger partial charge in [0.15, 0.2) is 0 Å². The summed E-state index contributed by atoms with van der Waals surface area (Å²) >= 11 is 5.97. The standard InChI is InChI=1S/C15H17ClN2O2S/c16-14-9-5-4-8-13(14)11-21(19,20)18-10-15(17)12-6-2-1-3-7-12/h1-9,15,18H,10-11,17H2. The number of nitrogens with one attached hydrogen (secondary N) is 1. The van der Waals surface area contributed by atoms with Crippen LogP contribution in [0.4, 0.5) is 0 Å². The Hall–Kier alpha value is -1.40. The summed E-state index contributed by atoms with van der Waals surface area (Å²) < 4.78 is 26.6. The first-order valence-electron chi connectivity index (χ1n) is 6.49. The summed E-state index contributed by atoms with van der Waals surface area (Å²) in [5.74, 6) is -0.159. The molecule has 21 heavy (non-hydrogen) atoms. The summed E-state index contributed by atoms with van der Waals surface area (Å²) in [5, 5.41) is 0.440. The van der Waals surface area contributed by atoms with Gasteiger partial charge >= 0.3 is 0 Å². The minimum atomic E-state index is -3.47. The second-order valence-corrected chi connectivity index (χ2v) is 6.93. The molecule has 1 atom stereocenters. The lowest BCUT2D eigenvalue weighted by Crippen LogP contribution is -2.32. The zero-order valence-corrected chi connectivity index (χ0v) is 12.9. The van der Waals surface area contributed by atoms with Gasteiger partial charge in [0, 0.05) is 17.6 Å². The predicted molar refractivity (Wildman–Crippen MR) is 85.4 cm³/mol. The van der Waals surface area contributed by atoms with Gasteiger partial charge in [0.1, 0.15) is 0 Å². The van der Waals surface area contributed by atoms with Crippen molar-refractivity contribution in [3.05, 3.63) is 70.7 Å². The second kappa shape index (κ2) is 7.04. The second-order valence-electron chi connectivity index (χ2n) is 4.72. The van der Waals surface area contributed by atoms with Gasteiger partial charge in [-0.1, -0.05) is 60.1 Å². The van der Waals surface area contributed by atoms with Crippen LogP contribution < -0.4 is 10.5 Å². The monoisotopic (exact) mass is 324 g/mol. The predicted octanol–water partition coefficient (Wildman–Crippen LogP) is 2.46. The maximum Gasteiger partial charge on any atom is 0.215 e. The highest BCUT2D eigenvalue weighted by Gasteiger charge is 2.15. The molecule has 112 valence electrons. The summed E-state index contributed by atoms with van der Waals surface area (Å²) in [6.45, 7) is 0.150. The molecule has 0 aliphatic heterocycles. The average molecular weight is 325 g/mol. The van der Waals surface area contributed by atoms with Gasteiger partial charge in [-0.05, 0) is 17.2 Å². The van der Waals surface area contributed by atoms with E-state index >= 15 is 0 Å². The van der Waals surface area contributed by atoms with Crippen molar-refractivity contribution in [1.82, 2.24) is 4.72 Å². The number of rotatable bonds is 6. The average Bonchev–Trinajstić information content (AvgIpc) is 2.48. The lowest BCUT2D eigenvalue weighted by molar-refractivity contribution is 0.571. The fraction of sp³-hybridized carbons (Fsp3) is 0.200. The Morgan fingerprint density at radius 2 is 1.67 bits per heavy atom. The summed E-state index contributed by atoms with van der Waals surface area (Å²) in [6.07, 6.45) is 0. The van der Waals surface area contributed by atoms with Crippen LogP contribution in [0.5, 0.6) is 0 Å². The third kappa shape index (κ3) is 4.82. The largest absolute Gasteiger partial charge is 0.323 e. The molecule has 3 N–H and O–H groups in total.